The van der Waals surface area contributed by atoms with Crippen molar-refractivity contribution >= 4 is 41.1 Å². The van der Waals surface area contributed by atoms with Crippen LogP contribution in [-0.4, -0.2) is 39.1 Å². The third-order valence-corrected chi connectivity index (χ3v) is 4.67. The Balaban J connectivity index is 1.50. The topological polar surface area (TPSA) is 120 Å². The summed E-state index contributed by atoms with van der Waals surface area (Å²) in [4.78, 5) is 24.3. The molecule has 0 fully saturated rings. The van der Waals surface area contributed by atoms with Gasteiger partial charge >= 0.3 is 5.97 Å². The van der Waals surface area contributed by atoms with Gasteiger partial charge in [0.05, 0.1) is 0 Å². The van der Waals surface area contributed by atoms with Gasteiger partial charge in [0, 0.05) is 16.7 Å². The highest BCUT2D eigenvalue weighted by atomic mass is 35.5. The third kappa shape index (κ3) is 5.81. The van der Waals surface area contributed by atoms with Gasteiger partial charge in [-0.3, -0.25) is 9.59 Å². The highest BCUT2D eigenvalue weighted by molar-refractivity contribution is 7.99. The van der Waals surface area contributed by atoms with Crippen LogP contribution in [0, 0.1) is 6.92 Å². The Morgan fingerprint density at radius 1 is 1.28 bits per heavy atom. The lowest BCUT2D eigenvalue weighted by Crippen LogP contribution is -2.32. The summed E-state index contributed by atoms with van der Waals surface area (Å²) in [5.41, 5.74) is 0.710. The van der Waals surface area contributed by atoms with Gasteiger partial charge in [0.2, 0.25) is 5.89 Å². The molecule has 0 spiro atoms. The van der Waals surface area contributed by atoms with Gasteiger partial charge in [-0.15, -0.1) is 10.2 Å². The summed E-state index contributed by atoms with van der Waals surface area (Å²) in [5, 5.41) is 14.8. The van der Waals surface area contributed by atoms with E-state index in [4.69, 9.17) is 25.3 Å². The van der Waals surface area contributed by atoms with Crippen LogP contribution < -0.4 is 5.32 Å². The smallest absolute Gasteiger partial charge is 0.317 e. The van der Waals surface area contributed by atoms with Gasteiger partial charge in [-0.2, -0.15) is 0 Å². The van der Waals surface area contributed by atoms with Crippen molar-refractivity contribution in [1.82, 2.24) is 15.4 Å². The highest BCUT2D eigenvalue weighted by Crippen LogP contribution is 2.24. The molecule has 0 radical (unpaired) electrons. The van der Waals surface area contributed by atoms with Gasteiger partial charge < -0.3 is 19.0 Å². The van der Waals surface area contributed by atoms with Crippen molar-refractivity contribution in [3.8, 4) is 11.5 Å². The molecule has 2 heterocycles. The molecule has 0 saturated carbocycles. The van der Waals surface area contributed by atoms with Crippen LogP contribution in [0.25, 0.3) is 11.5 Å². The Morgan fingerprint density at radius 3 is 2.69 bits per heavy atom. The molecule has 11 heteroatoms. The third-order valence-electron chi connectivity index (χ3n) is 3.63. The van der Waals surface area contributed by atoms with Crippen molar-refractivity contribution in [2.24, 2.45) is 0 Å². The zero-order chi connectivity index (χ0) is 20.8. The molecule has 1 aromatic carbocycles. The van der Waals surface area contributed by atoms with Crippen molar-refractivity contribution in [2.45, 2.75) is 31.6 Å². The molecule has 2 aromatic heterocycles. The molecule has 152 valence electrons. The Morgan fingerprint density at radius 2 is 2.03 bits per heavy atom. The predicted octanol–water partition coefficient (Wildman–Crippen LogP) is 3.74. The van der Waals surface area contributed by atoms with E-state index in [9.17, 15) is 9.59 Å². The van der Waals surface area contributed by atoms with E-state index >= 15 is 0 Å². The van der Waals surface area contributed by atoms with Gasteiger partial charge in [0.1, 0.15) is 11.5 Å². The Bertz CT molecular complexity index is 988. The Labute approximate surface area is 175 Å². The fraction of sp³-hybridized carbons (Fsp3) is 0.278. The monoisotopic (exact) mass is 436 g/mol. The number of carbonyl (C=O) groups is 2. The quantitative estimate of drug-likeness (QED) is 0.415. The van der Waals surface area contributed by atoms with Crippen molar-refractivity contribution in [1.29, 1.82) is 0 Å². The predicted molar refractivity (Wildman–Crippen MR) is 106 cm³/mol. The van der Waals surface area contributed by atoms with Crippen LogP contribution in [0.4, 0.5) is 5.82 Å². The van der Waals surface area contributed by atoms with Gasteiger partial charge in [0.25, 0.3) is 11.1 Å². The molecule has 0 aliphatic rings. The Hall–Kier alpha value is -2.85. The molecule has 29 heavy (non-hydrogen) atoms. The number of carbonyl (C=O) groups excluding carboxylic acids is 2. The molecular formula is C18H17ClN4O5S. The van der Waals surface area contributed by atoms with E-state index in [0.29, 0.717) is 28.7 Å². The lowest BCUT2D eigenvalue weighted by Gasteiger charge is -2.14. The van der Waals surface area contributed by atoms with Crippen LogP contribution in [0.2, 0.25) is 5.02 Å². The number of rotatable bonds is 8. The number of ether oxygens (including phenoxy) is 1. The van der Waals surface area contributed by atoms with Gasteiger partial charge in [-0.1, -0.05) is 35.4 Å². The molecule has 3 aromatic rings. The number of anilines is 1. The van der Waals surface area contributed by atoms with Gasteiger partial charge in [0.15, 0.2) is 11.9 Å². The number of halogens is 1. The SMILES string of the molecule is CCC(OC(=O)CSc1nnc(-c2ccc(Cl)cc2)o1)C(=O)Nc1cc(C)on1. The molecule has 9 nitrogen and oxygen atoms in total. The number of nitrogens with zero attached hydrogens (tertiary/aromatic N) is 3. The largest absolute Gasteiger partial charge is 0.452 e. The van der Waals surface area contributed by atoms with Crippen molar-refractivity contribution in [3.05, 3.63) is 41.1 Å². The van der Waals surface area contributed by atoms with Crippen LogP contribution in [0.1, 0.15) is 19.1 Å². The van der Waals surface area contributed by atoms with E-state index in [2.05, 4.69) is 20.7 Å². The van der Waals surface area contributed by atoms with Crippen LogP contribution in [0.3, 0.4) is 0 Å². The maximum absolute atomic E-state index is 12.2. The zero-order valence-corrected chi connectivity index (χ0v) is 17.1. The molecule has 3 rings (SSSR count). The fourth-order valence-corrected chi connectivity index (χ4v) is 2.92. The molecular weight excluding hydrogens is 420 g/mol. The standard InChI is InChI=1S/C18H17ClN4O5S/c1-3-13(16(25)20-14-8-10(2)28-23-14)26-15(24)9-29-18-22-21-17(27-18)11-4-6-12(19)7-5-11/h4-8,13H,3,9H2,1-2H3,(H,20,23,25). The van der Waals surface area contributed by atoms with E-state index < -0.39 is 18.0 Å². The fourth-order valence-electron chi connectivity index (χ4n) is 2.24. The number of aryl methyl sites for hydroxylation is 1. The van der Waals surface area contributed by atoms with Crippen LogP contribution >= 0.6 is 23.4 Å². The van der Waals surface area contributed by atoms with E-state index in [0.717, 1.165) is 11.8 Å². The second-order valence-electron chi connectivity index (χ2n) is 5.87. The van der Waals surface area contributed by atoms with Crippen molar-refractivity contribution in [3.63, 3.8) is 0 Å². The van der Waals surface area contributed by atoms with Crippen molar-refractivity contribution < 1.29 is 23.3 Å². The lowest BCUT2D eigenvalue weighted by molar-refractivity contribution is -0.151. The molecule has 0 aliphatic carbocycles. The minimum Gasteiger partial charge on any atom is -0.452 e. The zero-order valence-electron chi connectivity index (χ0n) is 15.5. The van der Waals surface area contributed by atoms with E-state index in [1.54, 1.807) is 44.2 Å². The molecule has 1 unspecified atom stereocenters. The summed E-state index contributed by atoms with van der Waals surface area (Å²) in [6.07, 6.45) is -0.646. The first-order chi connectivity index (χ1) is 13.9. The average Bonchev–Trinajstić information content (AvgIpc) is 3.34. The summed E-state index contributed by atoms with van der Waals surface area (Å²) in [6, 6.07) is 8.48. The summed E-state index contributed by atoms with van der Waals surface area (Å²) in [6.45, 7) is 3.43. The van der Waals surface area contributed by atoms with E-state index in [1.807, 2.05) is 0 Å². The molecule has 0 bridgehead atoms. The second kappa shape index (κ2) is 9.57. The lowest BCUT2D eigenvalue weighted by atomic mass is 10.2. The molecule has 0 saturated heterocycles. The molecule has 0 aliphatic heterocycles. The summed E-state index contributed by atoms with van der Waals surface area (Å²) < 4.78 is 15.6. The van der Waals surface area contributed by atoms with Crippen LogP contribution in [-0.2, 0) is 14.3 Å². The van der Waals surface area contributed by atoms with E-state index in [-0.39, 0.29) is 16.8 Å². The van der Waals surface area contributed by atoms with Crippen LogP contribution in [0.5, 0.6) is 0 Å². The maximum Gasteiger partial charge on any atom is 0.317 e. The normalized spacial score (nSPS) is 11.8. The maximum atomic E-state index is 12.2. The Kier molecular flexibility index (Phi) is 6.89. The number of nitrogens with one attached hydrogen (secondary N) is 1. The molecule has 1 atom stereocenters. The molecule has 1 amide bonds. The first kappa shape index (κ1) is 20.9. The van der Waals surface area contributed by atoms with Crippen molar-refractivity contribution in [2.75, 3.05) is 11.1 Å². The highest BCUT2D eigenvalue weighted by Gasteiger charge is 2.23. The number of benzene rings is 1. The second-order valence-corrected chi connectivity index (χ2v) is 7.23. The summed E-state index contributed by atoms with van der Waals surface area (Å²) >= 11 is 6.87. The first-order valence-electron chi connectivity index (χ1n) is 8.60. The van der Waals surface area contributed by atoms with Crippen LogP contribution in [0.15, 0.2) is 44.5 Å². The minimum absolute atomic E-state index is 0.0882. The number of hydrogen-bond acceptors (Lipinski definition) is 9. The number of aromatic nitrogens is 3. The first-order valence-corrected chi connectivity index (χ1v) is 9.97. The number of esters is 1. The number of amides is 1. The number of hydrogen-bond donors (Lipinski definition) is 1. The summed E-state index contributed by atoms with van der Waals surface area (Å²) in [5.74, 6) is -0.0289. The number of thioether (sulfide) groups is 1. The average molecular weight is 437 g/mol. The minimum atomic E-state index is -0.951. The van der Waals surface area contributed by atoms with Gasteiger partial charge in [-0.25, -0.2) is 0 Å². The summed E-state index contributed by atoms with van der Waals surface area (Å²) in [7, 11) is 0. The molecule has 1 N–H and O–H groups in total. The van der Waals surface area contributed by atoms with Gasteiger partial charge in [-0.05, 0) is 37.6 Å². The van der Waals surface area contributed by atoms with E-state index in [1.165, 1.54) is 0 Å².